The van der Waals surface area contributed by atoms with Gasteiger partial charge in [-0.1, -0.05) is 149 Å². The molecule has 0 N–H and O–H groups in total. The van der Waals surface area contributed by atoms with Gasteiger partial charge in [-0.05, 0) is 123 Å². The van der Waals surface area contributed by atoms with E-state index in [1.54, 1.807) is 0 Å². The third-order valence-electron chi connectivity index (χ3n) is 9.99. The molecule has 288 valence electrons. The van der Waals surface area contributed by atoms with Gasteiger partial charge >= 0.3 is 0 Å². The zero-order valence-electron chi connectivity index (χ0n) is 34.1. The second-order valence-electron chi connectivity index (χ2n) is 14.7. The normalized spacial score (nSPS) is 11.7. The summed E-state index contributed by atoms with van der Waals surface area (Å²) in [5.74, 6) is 7.16. The molecule has 0 atom stereocenters. The maximum atomic E-state index is 5.40. The Balaban J connectivity index is 0.0000130. The molecular weight excluding hydrogens is 663 g/mol. The minimum atomic E-state index is 0. The second kappa shape index (κ2) is 31.4. The van der Waals surface area contributed by atoms with Gasteiger partial charge in [0.05, 0.1) is 17.1 Å². The van der Waals surface area contributed by atoms with Crippen molar-refractivity contribution in [3.63, 3.8) is 0 Å². The van der Waals surface area contributed by atoms with Crippen molar-refractivity contribution in [1.82, 2.24) is 0 Å². The largest absolute Gasteiger partial charge is 0.251 e. The van der Waals surface area contributed by atoms with Gasteiger partial charge in [0.15, 0.2) is 0 Å². The van der Waals surface area contributed by atoms with E-state index >= 15 is 0 Å². The number of aliphatic imine (C=N–C) groups is 2. The Kier molecular flexibility index (Phi) is 28.8. The van der Waals surface area contributed by atoms with Gasteiger partial charge in [-0.2, -0.15) is 0 Å². The summed E-state index contributed by atoms with van der Waals surface area (Å²) in [6.07, 6.45) is 31.6. The number of unbranched alkanes of at least 4 members (excludes halogenated alkanes) is 15. The Bertz CT molecular complexity index is 1290. The Labute approximate surface area is 326 Å². The van der Waals surface area contributed by atoms with E-state index in [1.165, 1.54) is 151 Å². The molecule has 51 heavy (non-hydrogen) atoms. The van der Waals surface area contributed by atoms with Crippen LogP contribution in [-0.2, 0) is 42.2 Å². The third-order valence-corrected chi connectivity index (χ3v) is 9.99. The summed E-state index contributed by atoms with van der Waals surface area (Å²) >= 11 is 0. The van der Waals surface area contributed by atoms with Crippen LogP contribution < -0.4 is 0 Å². The monoisotopic (exact) mass is 739 g/mol. The topological polar surface area (TPSA) is 24.7 Å². The standard InChI is InChI=1S/C48H76N2.Ni/c1-7-13-19-20-21-22-23-28-34-48(50-46-38-36-42(30-25-15-9-3)44(40-46)32-27-17-11-5)47(33-18-12-6)49-45-37-35-41(29-24-14-8-2)43(39-45)31-26-16-10-4;/h35-40H,7-27,29-33H2,1-6H3;/b49-47+,50-48+;. The van der Waals surface area contributed by atoms with Crippen molar-refractivity contribution < 1.29 is 16.5 Å². The Morgan fingerprint density at radius 3 is 1.35 bits per heavy atom. The first kappa shape index (κ1) is 46.9. The van der Waals surface area contributed by atoms with Crippen molar-refractivity contribution in [3.05, 3.63) is 58.7 Å². The Morgan fingerprint density at radius 1 is 0.451 bits per heavy atom. The SMILES string of the molecule is CCCCCCCCC#CC(=N\c1ccc(CCCCC)c(CCCCC)c1)/C(CCCC)=N/c1ccc(CCCCC)c(CCCCC)c1.[Ni]. The van der Waals surface area contributed by atoms with E-state index in [1.807, 2.05) is 0 Å². The van der Waals surface area contributed by atoms with Crippen molar-refractivity contribution in [2.45, 2.75) is 208 Å². The zero-order valence-corrected chi connectivity index (χ0v) is 35.0. The summed E-state index contributed by atoms with van der Waals surface area (Å²) in [5, 5.41) is 0. The smallest absolute Gasteiger partial charge is 0.135 e. The molecule has 0 saturated carbocycles. The van der Waals surface area contributed by atoms with E-state index < -0.39 is 0 Å². The van der Waals surface area contributed by atoms with Gasteiger partial charge in [0.25, 0.3) is 0 Å². The van der Waals surface area contributed by atoms with E-state index in [4.69, 9.17) is 9.98 Å². The molecule has 0 aliphatic rings. The quantitative estimate of drug-likeness (QED) is 0.0359. The van der Waals surface area contributed by atoms with E-state index in [2.05, 4.69) is 89.8 Å². The van der Waals surface area contributed by atoms with Crippen molar-refractivity contribution >= 4 is 22.8 Å². The number of hydrogen-bond donors (Lipinski definition) is 0. The van der Waals surface area contributed by atoms with E-state index in [-0.39, 0.29) is 16.5 Å². The van der Waals surface area contributed by atoms with Gasteiger partial charge in [-0.3, -0.25) is 4.99 Å². The molecule has 0 aliphatic heterocycles. The number of rotatable bonds is 28. The fraction of sp³-hybridized carbons (Fsp3) is 0.667. The molecule has 0 amide bonds. The van der Waals surface area contributed by atoms with Gasteiger partial charge in [0, 0.05) is 22.9 Å². The van der Waals surface area contributed by atoms with Crippen LogP contribution in [0.3, 0.4) is 0 Å². The molecule has 2 nitrogen and oxygen atoms in total. The van der Waals surface area contributed by atoms with Gasteiger partial charge in [-0.15, -0.1) is 0 Å². The summed E-state index contributed by atoms with van der Waals surface area (Å²) in [5.41, 5.74) is 10.0. The molecule has 0 bridgehead atoms. The van der Waals surface area contributed by atoms with Crippen LogP contribution in [0.15, 0.2) is 46.4 Å². The van der Waals surface area contributed by atoms with Crippen molar-refractivity contribution in [3.8, 4) is 11.8 Å². The summed E-state index contributed by atoms with van der Waals surface area (Å²) in [6.45, 7) is 13.7. The number of nitrogens with zero attached hydrogens (tertiary/aromatic N) is 2. The van der Waals surface area contributed by atoms with Gasteiger partial charge in [0.2, 0.25) is 0 Å². The van der Waals surface area contributed by atoms with E-state index in [0.717, 1.165) is 61.3 Å². The average Bonchev–Trinajstić information content (AvgIpc) is 3.12. The maximum Gasteiger partial charge on any atom is 0.135 e. The van der Waals surface area contributed by atoms with Crippen LogP contribution in [0.2, 0.25) is 0 Å². The molecule has 0 radical (unpaired) electrons. The fourth-order valence-electron chi connectivity index (χ4n) is 6.74. The first-order chi connectivity index (χ1) is 24.6. The minimum Gasteiger partial charge on any atom is -0.251 e. The number of benzene rings is 2. The van der Waals surface area contributed by atoms with Crippen LogP contribution in [0.4, 0.5) is 11.4 Å². The van der Waals surface area contributed by atoms with E-state index in [9.17, 15) is 0 Å². The molecule has 2 aromatic rings. The first-order valence-corrected chi connectivity index (χ1v) is 21.5. The minimum absolute atomic E-state index is 0. The zero-order chi connectivity index (χ0) is 36.1. The molecule has 0 spiro atoms. The molecule has 0 aromatic heterocycles. The van der Waals surface area contributed by atoms with Crippen LogP contribution in [-0.4, -0.2) is 11.4 Å². The molecule has 2 rings (SSSR count). The average molecular weight is 740 g/mol. The van der Waals surface area contributed by atoms with Gasteiger partial charge in [-0.25, -0.2) is 4.99 Å². The number of aryl methyl sites for hydroxylation is 4. The van der Waals surface area contributed by atoms with Crippen LogP contribution in [0.1, 0.15) is 205 Å². The predicted octanol–water partition coefficient (Wildman–Crippen LogP) is 15.4. The molecule has 2 aromatic carbocycles. The van der Waals surface area contributed by atoms with Crippen molar-refractivity contribution in [2.24, 2.45) is 9.98 Å². The Morgan fingerprint density at radius 2 is 0.863 bits per heavy atom. The van der Waals surface area contributed by atoms with Gasteiger partial charge < -0.3 is 0 Å². The molecule has 3 heteroatoms. The van der Waals surface area contributed by atoms with Crippen LogP contribution >= 0.6 is 0 Å². The van der Waals surface area contributed by atoms with Crippen LogP contribution in [0.25, 0.3) is 0 Å². The number of hydrogen-bond acceptors (Lipinski definition) is 2. The molecular formula is C48H76N2Ni. The van der Waals surface area contributed by atoms with Gasteiger partial charge in [0.1, 0.15) is 5.71 Å². The predicted molar refractivity (Wildman–Crippen MR) is 225 cm³/mol. The molecule has 0 unspecified atom stereocenters. The van der Waals surface area contributed by atoms with Crippen LogP contribution in [0.5, 0.6) is 0 Å². The molecule has 0 heterocycles. The molecule has 0 saturated heterocycles. The summed E-state index contributed by atoms with van der Waals surface area (Å²) in [7, 11) is 0. The third kappa shape index (κ3) is 20.6. The fourth-order valence-corrected chi connectivity index (χ4v) is 6.74. The summed E-state index contributed by atoms with van der Waals surface area (Å²) in [4.78, 5) is 10.8. The Hall–Kier alpha value is -2.17. The second-order valence-corrected chi connectivity index (χ2v) is 14.7. The first-order valence-electron chi connectivity index (χ1n) is 21.5. The molecule has 0 aliphatic carbocycles. The molecule has 0 fully saturated rings. The van der Waals surface area contributed by atoms with Crippen molar-refractivity contribution in [1.29, 1.82) is 0 Å². The van der Waals surface area contributed by atoms with Crippen LogP contribution in [0, 0.1) is 11.8 Å². The maximum absolute atomic E-state index is 5.40. The van der Waals surface area contributed by atoms with Crippen molar-refractivity contribution in [2.75, 3.05) is 0 Å². The summed E-state index contributed by atoms with van der Waals surface area (Å²) < 4.78 is 0. The summed E-state index contributed by atoms with van der Waals surface area (Å²) in [6, 6.07) is 14.0. The van der Waals surface area contributed by atoms with E-state index in [0.29, 0.717) is 0 Å².